The highest BCUT2D eigenvalue weighted by molar-refractivity contribution is 7.92. The van der Waals surface area contributed by atoms with Crippen molar-refractivity contribution in [2.24, 2.45) is 0 Å². The molecule has 0 spiro atoms. The normalized spacial score (nSPS) is 11.0. The lowest BCUT2D eigenvalue weighted by Gasteiger charge is -2.26. The molecule has 0 atom stereocenters. The van der Waals surface area contributed by atoms with E-state index in [0.717, 1.165) is 4.31 Å². The third kappa shape index (κ3) is 5.27. The Kier molecular flexibility index (Phi) is 7.17. The fourth-order valence-electron chi connectivity index (χ4n) is 3.04. The van der Waals surface area contributed by atoms with E-state index in [1.54, 1.807) is 55.5 Å². The number of esters is 1. The molecule has 0 aromatic heterocycles. The van der Waals surface area contributed by atoms with E-state index in [1.807, 2.05) is 0 Å². The van der Waals surface area contributed by atoms with Crippen LogP contribution in [-0.4, -0.2) is 33.9 Å². The van der Waals surface area contributed by atoms with Crippen LogP contribution in [0.15, 0.2) is 77.7 Å². The van der Waals surface area contributed by atoms with Crippen LogP contribution in [0.3, 0.4) is 0 Å². The Bertz CT molecular complexity index is 1250. The number of ether oxygens (including phenoxy) is 1. The fourth-order valence-corrected chi connectivity index (χ4v) is 4.71. The SMILES string of the molecule is COC(=O)c1cccc(NC(=O)CN(c2cc(Cl)ccc2C)S(=O)(=O)c2ccccc2)c1. The molecule has 1 N–H and O–H groups in total. The average molecular weight is 473 g/mol. The first-order valence-electron chi connectivity index (χ1n) is 9.54. The van der Waals surface area contributed by atoms with E-state index in [1.165, 1.54) is 31.4 Å². The molecular formula is C23H21ClN2O5S. The summed E-state index contributed by atoms with van der Waals surface area (Å²) in [7, 11) is -2.81. The van der Waals surface area contributed by atoms with Crippen molar-refractivity contribution in [3.05, 3.63) is 88.9 Å². The molecule has 0 bridgehead atoms. The van der Waals surface area contributed by atoms with Crippen LogP contribution in [0.5, 0.6) is 0 Å². The number of carbonyl (C=O) groups is 2. The summed E-state index contributed by atoms with van der Waals surface area (Å²) in [5.74, 6) is -1.14. The highest BCUT2D eigenvalue weighted by Gasteiger charge is 2.28. The number of amides is 1. The van der Waals surface area contributed by atoms with E-state index in [0.29, 0.717) is 22.0 Å². The molecule has 3 aromatic rings. The maximum absolute atomic E-state index is 13.4. The Morgan fingerprint density at radius 3 is 2.41 bits per heavy atom. The van der Waals surface area contributed by atoms with Gasteiger partial charge in [0, 0.05) is 10.7 Å². The maximum Gasteiger partial charge on any atom is 0.337 e. The largest absolute Gasteiger partial charge is 0.465 e. The molecule has 0 aliphatic rings. The summed E-state index contributed by atoms with van der Waals surface area (Å²) < 4.78 is 32.5. The lowest BCUT2D eigenvalue weighted by atomic mass is 10.2. The third-order valence-electron chi connectivity index (χ3n) is 4.63. The number of sulfonamides is 1. The van der Waals surface area contributed by atoms with Crippen molar-refractivity contribution >= 4 is 44.9 Å². The Hall–Kier alpha value is -3.36. The number of benzene rings is 3. The second-order valence-electron chi connectivity index (χ2n) is 6.88. The summed E-state index contributed by atoms with van der Waals surface area (Å²) in [4.78, 5) is 24.6. The van der Waals surface area contributed by atoms with Crippen LogP contribution in [-0.2, 0) is 19.6 Å². The number of halogens is 1. The molecule has 0 fully saturated rings. The van der Waals surface area contributed by atoms with E-state index >= 15 is 0 Å². The Morgan fingerprint density at radius 1 is 1.00 bits per heavy atom. The molecule has 0 aliphatic carbocycles. The number of aryl methyl sites for hydroxylation is 1. The number of methoxy groups -OCH3 is 1. The lowest BCUT2D eigenvalue weighted by molar-refractivity contribution is -0.114. The lowest BCUT2D eigenvalue weighted by Crippen LogP contribution is -2.38. The van der Waals surface area contributed by atoms with Gasteiger partial charge in [0.2, 0.25) is 5.91 Å². The molecule has 1 amide bonds. The van der Waals surface area contributed by atoms with E-state index in [-0.39, 0.29) is 10.5 Å². The summed E-state index contributed by atoms with van der Waals surface area (Å²) in [5.41, 5.74) is 1.51. The molecule has 3 rings (SSSR count). The Labute approximate surface area is 191 Å². The molecule has 9 heteroatoms. The zero-order valence-corrected chi connectivity index (χ0v) is 19.0. The molecule has 0 heterocycles. The number of hydrogen-bond donors (Lipinski definition) is 1. The number of rotatable bonds is 7. The minimum absolute atomic E-state index is 0.0415. The first-order valence-corrected chi connectivity index (χ1v) is 11.4. The van der Waals surface area contributed by atoms with Crippen molar-refractivity contribution in [3.8, 4) is 0 Å². The van der Waals surface area contributed by atoms with E-state index in [4.69, 9.17) is 11.6 Å². The van der Waals surface area contributed by atoms with Crippen LogP contribution in [0.4, 0.5) is 11.4 Å². The number of nitrogens with zero attached hydrogens (tertiary/aromatic N) is 1. The van der Waals surface area contributed by atoms with Crippen molar-refractivity contribution < 1.29 is 22.7 Å². The molecular weight excluding hydrogens is 452 g/mol. The predicted octanol–water partition coefficient (Wildman–Crippen LogP) is 4.27. The molecule has 166 valence electrons. The van der Waals surface area contributed by atoms with Gasteiger partial charge >= 0.3 is 5.97 Å². The first-order chi connectivity index (χ1) is 15.2. The zero-order valence-electron chi connectivity index (χ0n) is 17.4. The van der Waals surface area contributed by atoms with Crippen LogP contribution in [0, 0.1) is 6.92 Å². The molecule has 32 heavy (non-hydrogen) atoms. The van der Waals surface area contributed by atoms with Crippen molar-refractivity contribution in [2.75, 3.05) is 23.3 Å². The summed E-state index contributed by atoms with van der Waals surface area (Å²) in [6.07, 6.45) is 0. The molecule has 0 saturated carbocycles. The topological polar surface area (TPSA) is 92.8 Å². The van der Waals surface area contributed by atoms with Crippen LogP contribution >= 0.6 is 11.6 Å². The monoisotopic (exact) mass is 472 g/mol. The highest BCUT2D eigenvalue weighted by Crippen LogP contribution is 2.29. The zero-order chi connectivity index (χ0) is 23.3. The highest BCUT2D eigenvalue weighted by atomic mass is 35.5. The van der Waals surface area contributed by atoms with Gasteiger partial charge in [-0.25, -0.2) is 13.2 Å². The van der Waals surface area contributed by atoms with Gasteiger partial charge in [-0.15, -0.1) is 0 Å². The van der Waals surface area contributed by atoms with E-state index < -0.39 is 28.4 Å². The molecule has 0 radical (unpaired) electrons. The van der Waals surface area contributed by atoms with Crippen molar-refractivity contribution in [2.45, 2.75) is 11.8 Å². The van der Waals surface area contributed by atoms with Crippen LogP contribution in [0.25, 0.3) is 0 Å². The minimum atomic E-state index is -4.07. The number of nitrogens with one attached hydrogen (secondary N) is 1. The minimum Gasteiger partial charge on any atom is -0.465 e. The second kappa shape index (κ2) is 9.84. The van der Waals surface area contributed by atoms with Gasteiger partial charge in [0.15, 0.2) is 0 Å². The Balaban J connectivity index is 1.95. The third-order valence-corrected chi connectivity index (χ3v) is 6.63. The molecule has 0 unspecified atom stereocenters. The van der Waals surface area contributed by atoms with E-state index in [2.05, 4.69) is 10.1 Å². The Morgan fingerprint density at radius 2 is 1.72 bits per heavy atom. The van der Waals surface area contributed by atoms with E-state index in [9.17, 15) is 18.0 Å². The van der Waals surface area contributed by atoms with Gasteiger partial charge in [-0.3, -0.25) is 9.10 Å². The van der Waals surface area contributed by atoms with Gasteiger partial charge in [0.05, 0.1) is 23.3 Å². The van der Waals surface area contributed by atoms with Gasteiger partial charge in [0.1, 0.15) is 6.54 Å². The summed E-state index contributed by atoms with van der Waals surface area (Å²) >= 11 is 6.12. The van der Waals surface area contributed by atoms with Gasteiger partial charge < -0.3 is 10.1 Å². The maximum atomic E-state index is 13.4. The van der Waals surface area contributed by atoms with Crippen LogP contribution in [0.2, 0.25) is 5.02 Å². The summed E-state index contributed by atoms with van der Waals surface area (Å²) in [6, 6.07) is 18.8. The number of anilines is 2. The van der Waals surface area contributed by atoms with Crippen molar-refractivity contribution in [1.29, 1.82) is 0 Å². The summed E-state index contributed by atoms with van der Waals surface area (Å²) in [5, 5.41) is 2.97. The smallest absolute Gasteiger partial charge is 0.337 e. The average Bonchev–Trinajstić information content (AvgIpc) is 2.79. The molecule has 7 nitrogen and oxygen atoms in total. The van der Waals surface area contributed by atoms with Crippen molar-refractivity contribution in [3.63, 3.8) is 0 Å². The molecule has 0 saturated heterocycles. The van der Waals surface area contributed by atoms with Gasteiger partial charge in [-0.05, 0) is 55.0 Å². The second-order valence-corrected chi connectivity index (χ2v) is 9.17. The van der Waals surface area contributed by atoms with Crippen LogP contribution in [0.1, 0.15) is 15.9 Å². The molecule has 3 aromatic carbocycles. The quantitative estimate of drug-likeness (QED) is 0.518. The fraction of sp³-hybridized carbons (Fsp3) is 0.130. The standard InChI is InChI=1S/C23H21ClN2O5S/c1-16-11-12-18(24)14-21(16)26(32(29,30)20-9-4-3-5-10-20)15-22(27)25-19-8-6-7-17(13-19)23(28)31-2/h3-14H,15H2,1-2H3,(H,25,27). The van der Waals surface area contributed by atoms with Crippen molar-refractivity contribution in [1.82, 2.24) is 0 Å². The number of hydrogen-bond acceptors (Lipinski definition) is 5. The predicted molar refractivity (Wildman–Crippen MR) is 124 cm³/mol. The van der Waals surface area contributed by atoms with Gasteiger partial charge in [-0.2, -0.15) is 0 Å². The van der Waals surface area contributed by atoms with Crippen LogP contribution < -0.4 is 9.62 Å². The summed E-state index contributed by atoms with van der Waals surface area (Å²) in [6.45, 7) is 1.23. The molecule has 0 aliphatic heterocycles. The van der Waals surface area contributed by atoms with Gasteiger partial charge in [-0.1, -0.05) is 41.9 Å². The van der Waals surface area contributed by atoms with Gasteiger partial charge in [0.25, 0.3) is 10.0 Å². The first kappa shape index (κ1) is 23.3. The number of carbonyl (C=O) groups excluding carboxylic acids is 2.